The Kier molecular flexibility index (Phi) is 6.71. The number of aliphatic carboxylic acids is 1. The molecule has 2 N–H and O–H groups in total. The van der Waals surface area contributed by atoms with E-state index >= 15 is 0 Å². The Hall–Kier alpha value is -1.93. The molecule has 7 nitrogen and oxygen atoms in total. The summed E-state index contributed by atoms with van der Waals surface area (Å²) in [6.45, 7) is 5.11. The van der Waals surface area contributed by atoms with Gasteiger partial charge in [0.15, 0.2) is 0 Å². The molecular weight excluding hydrogens is 322 g/mol. The zero-order chi connectivity index (χ0) is 17.6. The number of ether oxygens (including phenoxy) is 1. The van der Waals surface area contributed by atoms with Crippen molar-refractivity contribution < 1.29 is 27.9 Å². The van der Waals surface area contributed by atoms with Crippen molar-refractivity contribution in [1.29, 1.82) is 0 Å². The Morgan fingerprint density at radius 3 is 2.39 bits per heavy atom. The molecular formula is C15H21NO6S. The van der Waals surface area contributed by atoms with Gasteiger partial charge >= 0.3 is 11.9 Å². The largest absolute Gasteiger partial charge is 0.480 e. The molecule has 1 rings (SSSR count). The average Bonchev–Trinajstić information content (AvgIpc) is 2.52. The van der Waals surface area contributed by atoms with Crippen LogP contribution in [0.4, 0.5) is 0 Å². The first-order chi connectivity index (χ1) is 10.7. The number of carbonyl (C=O) groups excluding carboxylic acids is 1. The van der Waals surface area contributed by atoms with Gasteiger partial charge in [0.25, 0.3) is 0 Å². The summed E-state index contributed by atoms with van der Waals surface area (Å²) in [5.74, 6) is -2.45. The topological polar surface area (TPSA) is 110 Å². The van der Waals surface area contributed by atoms with Crippen LogP contribution in [0, 0.1) is 5.92 Å². The van der Waals surface area contributed by atoms with Crippen LogP contribution >= 0.6 is 0 Å². The highest BCUT2D eigenvalue weighted by atomic mass is 32.2. The molecule has 0 bridgehead atoms. The normalized spacial score (nSPS) is 14.0. The third-order valence-corrected chi connectivity index (χ3v) is 4.93. The maximum atomic E-state index is 12.5. The standard InChI is InChI=1S/C15H21NO6S/c1-4-10(3)13(14(17)18)16-23(20,21)12-9-7-6-8-11(12)15(19)22-5-2/h6-10,13,16H,4-5H2,1-3H3,(H,17,18)/t10-,13-/m0/s1. The van der Waals surface area contributed by atoms with Gasteiger partial charge in [0, 0.05) is 0 Å². The second-order valence-electron chi connectivity index (χ2n) is 5.04. The van der Waals surface area contributed by atoms with Gasteiger partial charge in [-0.3, -0.25) is 4.79 Å². The fraction of sp³-hybridized carbons (Fsp3) is 0.467. The number of carbonyl (C=O) groups is 2. The molecule has 0 aliphatic heterocycles. The molecule has 2 atom stereocenters. The van der Waals surface area contributed by atoms with E-state index in [1.54, 1.807) is 20.8 Å². The van der Waals surface area contributed by atoms with E-state index in [1.165, 1.54) is 24.3 Å². The number of rotatable bonds is 8. The van der Waals surface area contributed by atoms with Crippen molar-refractivity contribution in [2.45, 2.75) is 38.1 Å². The summed E-state index contributed by atoms with van der Waals surface area (Å²) in [5, 5.41) is 9.23. The summed E-state index contributed by atoms with van der Waals surface area (Å²) in [5.41, 5.74) is -0.129. The van der Waals surface area contributed by atoms with Crippen LogP contribution in [0.15, 0.2) is 29.2 Å². The average molecular weight is 343 g/mol. The zero-order valence-electron chi connectivity index (χ0n) is 13.3. The molecule has 0 aromatic heterocycles. The highest BCUT2D eigenvalue weighted by Gasteiger charge is 2.31. The van der Waals surface area contributed by atoms with Crippen LogP contribution in [0.25, 0.3) is 0 Å². The van der Waals surface area contributed by atoms with Gasteiger partial charge in [0.05, 0.1) is 17.1 Å². The first-order valence-corrected chi connectivity index (χ1v) is 8.74. The molecule has 0 spiro atoms. The molecule has 0 fully saturated rings. The number of nitrogens with one attached hydrogen (secondary N) is 1. The van der Waals surface area contributed by atoms with Crippen LogP contribution in [-0.4, -0.2) is 38.1 Å². The minimum atomic E-state index is -4.19. The quantitative estimate of drug-likeness (QED) is 0.694. The van der Waals surface area contributed by atoms with Crippen LogP contribution in [0.3, 0.4) is 0 Å². The third-order valence-electron chi connectivity index (χ3n) is 3.43. The molecule has 1 aromatic carbocycles. The lowest BCUT2D eigenvalue weighted by Gasteiger charge is -2.20. The van der Waals surface area contributed by atoms with E-state index in [2.05, 4.69) is 4.72 Å². The minimum Gasteiger partial charge on any atom is -0.480 e. The first-order valence-electron chi connectivity index (χ1n) is 7.25. The number of hydrogen-bond acceptors (Lipinski definition) is 5. The van der Waals surface area contributed by atoms with E-state index in [0.29, 0.717) is 6.42 Å². The molecule has 0 aliphatic carbocycles. The first kappa shape index (κ1) is 19.1. The summed E-state index contributed by atoms with van der Waals surface area (Å²) in [4.78, 5) is 22.9. The van der Waals surface area contributed by atoms with Gasteiger partial charge in [-0.05, 0) is 25.0 Å². The summed E-state index contributed by atoms with van der Waals surface area (Å²) in [6.07, 6.45) is 0.485. The molecule has 0 saturated heterocycles. The van der Waals surface area contributed by atoms with Crippen LogP contribution < -0.4 is 4.72 Å². The molecule has 0 saturated carbocycles. The van der Waals surface area contributed by atoms with Gasteiger partial charge in [0.1, 0.15) is 6.04 Å². The molecule has 0 radical (unpaired) electrons. The lowest BCUT2D eigenvalue weighted by molar-refractivity contribution is -0.140. The van der Waals surface area contributed by atoms with E-state index in [4.69, 9.17) is 4.74 Å². The molecule has 0 aliphatic rings. The predicted molar refractivity (Wildman–Crippen MR) is 83.6 cm³/mol. The fourth-order valence-electron chi connectivity index (χ4n) is 1.95. The van der Waals surface area contributed by atoms with E-state index in [9.17, 15) is 23.1 Å². The molecule has 0 amide bonds. The Morgan fingerprint density at radius 2 is 1.87 bits per heavy atom. The van der Waals surface area contributed by atoms with E-state index in [1.807, 2.05) is 0 Å². The second-order valence-corrected chi connectivity index (χ2v) is 6.72. The van der Waals surface area contributed by atoms with Crippen molar-refractivity contribution in [2.75, 3.05) is 6.61 Å². The van der Waals surface area contributed by atoms with Crippen molar-refractivity contribution >= 4 is 22.0 Å². The number of sulfonamides is 1. The van der Waals surface area contributed by atoms with E-state index in [0.717, 1.165) is 0 Å². The SMILES string of the molecule is CCOC(=O)c1ccccc1S(=O)(=O)N[C@H](C(=O)O)[C@@H](C)CC. The highest BCUT2D eigenvalue weighted by molar-refractivity contribution is 7.89. The number of benzene rings is 1. The lowest BCUT2D eigenvalue weighted by Crippen LogP contribution is -2.45. The van der Waals surface area contributed by atoms with Gasteiger partial charge in [0.2, 0.25) is 10.0 Å². The molecule has 23 heavy (non-hydrogen) atoms. The smallest absolute Gasteiger partial charge is 0.339 e. The van der Waals surface area contributed by atoms with Crippen LogP contribution in [0.2, 0.25) is 0 Å². The maximum absolute atomic E-state index is 12.5. The third kappa shape index (κ3) is 4.77. The Morgan fingerprint density at radius 1 is 1.26 bits per heavy atom. The fourth-order valence-corrected chi connectivity index (χ4v) is 3.45. The number of esters is 1. The van der Waals surface area contributed by atoms with Crippen molar-refractivity contribution in [3.05, 3.63) is 29.8 Å². The molecule has 0 unspecified atom stereocenters. The molecule has 128 valence electrons. The van der Waals surface area contributed by atoms with Crippen molar-refractivity contribution in [3.63, 3.8) is 0 Å². The molecule has 0 heterocycles. The van der Waals surface area contributed by atoms with Crippen molar-refractivity contribution in [3.8, 4) is 0 Å². The summed E-state index contributed by atoms with van der Waals surface area (Å²) < 4.78 is 32.0. The number of carboxylic acid groups (broad SMARTS) is 1. The zero-order valence-corrected chi connectivity index (χ0v) is 14.1. The van der Waals surface area contributed by atoms with Gasteiger partial charge < -0.3 is 9.84 Å². The predicted octanol–water partition coefficient (Wildman–Crippen LogP) is 1.64. The Labute approximate surface area is 135 Å². The second kappa shape index (κ2) is 8.07. The van der Waals surface area contributed by atoms with Gasteiger partial charge in [-0.2, -0.15) is 4.72 Å². The van der Waals surface area contributed by atoms with E-state index in [-0.39, 0.29) is 17.1 Å². The van der Waals surface area contributed by atoms with E-state index < -0.39 is 33.9 Å². The Balaban J connectivity index is 3.23. The van der Waals surface area contributed by atoms with Crippen LogP contribution in [-0.2, 0) is 19.6 Å². The summed E-state index contributed by atoms with van der Waals surface area (Å²) in [7, 11) is -4.19. The van der Waals surface area contributed by atoms with Crippen molar-refractivity contribution in [2.24, 2.45) is 5.92 Å². The highest BCUT2D eigenvalue weighted by Crippen LogP contribution is 2.19. The number of hydrogen-bond donors (Lipinski definition) is 2. The van der Waals surface area contributed by atoms with Gasteiger partial charge in [-0.1, -0.05) is 32.4 Å². The Bertz CT molecular complexity index is 670. The van der Waals surface area contributed by atoms with Crippen LogP contribution in [0.5, 0.6) is 0 Å². The molecule has 8 heteroatoms. The maximum Gasteiger partial charge on any atom is 0.339 e. The van der Waals surface area contributed by atoms with Crippen molar-refractivity contribution in [1.82, 2.24) is 4.72 Å². The lowest BCUT2D eigenvalue weighted by atomic mass is 10.0. The van der Waals surface area contributed by atoms with Gasteiger partial charge in [-0.15, -0.1) is 0 Å². The summed E-state index contributed by atoms with van der Waals surface area (Å²) >= 11 is 0. The molecule has 1 aromatic rings. The monoisotopic (exact) mass is 343 g/mol. The summed E-state index contributed by atoms with van der Waals surface area (Å²) in [6, 6.07) is 4.25. The van der Waals surface area contributed by atoms with Gasteiger partial charge in [-0.25, -0.2) is 13.2 Å². The number of carboxylic acids is 1. The minimum absolute atomic E-state index is 0.102. The van der Waals surface area contributed by atoms with Crippen LogP contribution in [0.1, 0.15) is 37.6 Å².